The van der Waals surface area contributed by atoms with Crippen LogP contribution in [0.3, 0.4) is 0 Å². The second-order valence-corrected chi connectivity index (χ2v) is 5.99. The van der Waals surface area contributed by atoms with Gasteiger partial charge in [-0.25, -0.2) is 0 Å². The molecule has 0 saturated carbocycles. The fraction of sp³-hybridized carbons (Fsp3) is 0.462. The number of nitrogens with zero attached hydrogens (tertiary/aromatic N) is 4. The van der Waals surface area contributed by atoms with Gasteiger partial charge in [0.25, 0.3) is 0 Å². The first-order valence-electron chi connectivity index (χ1n) is 6.69. The van der Waals surface area contributed by atoms with Gasteiger partial charge in [-0.05, 0) is 29.3 Å². The van der Waals surface area contributed by atoms with Gasteiger partial charge >= 0.3 is 0 Å². The Bertz CT molecular complexity index is 590. The highest BCUT2D eigenvalue weighted by atomic mass is 79.9. The summed E-state index contributed by atoms with van der Waals surface area (Å²) in [6.45, 7) is 3.85. The summed E-state index contributed by atoms with van der Waals surface area (Å²) in [6.07, 6.45) is 6.48. The summed E-state index contributed by atoms with van der Waals surface area (Å²) < 4.78 is 4.49. The summed E-state index contributed by atoms with van der Waals surface area (Å²) in [5.41, 5.74) is 0.924. The maximum absolute atomic E-state index is 11.7. The summed E-state index contributed by atoms with van der Waals surface area (Å²) in [4.78, 5) is 11.7. The lowest BCUT2D eigenvalue weighted by Gasteiger charge is -2.05. The fourth-order valence-corrected chi connectivity index (χ4v) is 2.31. The Morgan fingerprint density at radius 3 is 2.81 bits per heavy atom. The van der Waals surface area contributed by atoms with Gasteiger partial charge in [-0.1, -0.05) is 11.6 Å². The van der Waals surface area contributed by atoms with E-state index >= 15 is 0 Å². The third-order valence-electron chi connectivity index (χ3n) is 2.94. The standard InChI is InChI=1S/C13H17BrClN5O/c1-10-12(14)9-20(18-10)6-3-13(21)16-4-2-5-19-8-11(15)7-17-19/h7-9H,2-6H2,1H3,(H,16,21). The Morgan fingerprint density at radius 2 is 2.19 bits per heavy atom. The highest BCUT2D eigenvalue weighted by Crippen LogP contribution is 2.13. The van der Waals surface area contributed by atoms with Crippen LogP contribution in [0.5, 0.6) is 0 Å². The maximum Gasteiger partial charge on any atom is 0.221 e. The molecule has 2 rings (SSSR count). The molecule has 0 aliphatic heterocycles. The van der Waals surface area contributed by atoms with Crippen LogP contribution < -0.4 is 5.32 Å². The number of hydrogen-bond acceptors (Lipinski definition) is 3. The predicted molar refractivity (Wildman–Crippen MR) is 84.1 cm³/mol. The van der Waals surface area contributed by atoms with Crippen LogP contribution in [0.2, 0.25) is 5.02 Å². The molecule has 1 N–H and O–H groups in total. The van der Waals surface area contributed by atoms with Crippen molar-refractivity contribution in [2.45, 2.75) is 32.9 Å². The zero-order valence-corrected chi connectivity index (χ0v) is 14.1. The number of aryl methyl sites for hydroxylation is 3. The predicted octanol–water partition coefficient (Wildman–Crippen LogP) is 2.40. The molecule has 2 heterocycles. The van der Waals surface area contributed by atoms with Crippen molar-refractivity contribution in [1.82, 2.24) is 24.9 Å². The molecule has 0 fully saturated rings. The Balaban J connectivity index is 1.61. The Kier molecular flexibility index (Phi) is 5.81. The van der Waals surface area contributed by atoms with E-state index in [1.165, 1.54) is 0 Å². The summed E-state index contributed by atoms with van der Waals surface area (Å²) in [5, 5.41) is 11.9. The number of nitrogens with one attached hydrogen (secondary N) is 1. The lowest BCUT2D eigenvalue weighted by atomic mass is 10.3. The average molecular weight is 375 g/mol. The van der Waals surface area contributed by atoms with Gasteiger partial charge < -0.3 is 5.32 Å². The molecule has 21 heavy (non-hydrogen) atoms. The summed E-state index contributed by atoms with van der Waals surface area (Å²) in [7, 11) is 0. The molecular formula is C13H17BrClN5O. The van der Waals surface area contributed by atoms with E-state index < -0.39 is 0 Å². The second-order valence-electron chi connectivity index (χ2n) is 4.70. The molecule has 1 amide bonds. The molecule has 2 aromatic heterocycles. The minimum Gasteiger partial charge on any atom is -0.356 e. The molecule has 0 atom stereocenters. The first-order chi connectivity index (χ1) is 10.0. The normalized spacial score (nSPS) is 10.8. The van der Waals surface area contributed by atoms with Crippen LogP contribution >= 0.6 is 27.5 Å². The molecule has 0 aliphatic carbocycles. The zero-order valence-electron chi connectivity index (χ0n) is 11.7. The van der Waals surface area contributed by atoms with Crippen LogP contribution in [-0.4, -0.2) is 32.0 Å². The van der Waals surface area contributed by atoms with Crippen LogP contribution in [0.4, 0.5) is 0 Å². The number of carbonyl (C=O) groups is 1. The zero-order chi connectivity index (χ0) is 15.2. The van der Waals surface area contributed by atoms with E-state index in [4.69, 9.17) is 11.6 Å². The molecule has 8 heteroatoms. The minimum atomic E-state index is 0.0257. The molecule has 0 aliphatic rings. The van der Waals surface area contributed by atoms with Crippen molar-refractivity contribution in [3.8, 4) is 0 Å². The van der Waals surface area contributed by atoms with Crippen molar-refractivity contribution in [3.63, 3.8) is 0 Å². The minimum absolute atomic E-state index is 0.0257. The van der Waals surface area contributed by atoms with Crippen LogP contribution in [0.25, 0.3) is 0 Å². The summed E-state index contributed by atoms with van der Waals surface area (Å²) in [6, 6.07) is 0. The topological polar surface area (TPSA) is 64.7 Å². The smallest absolute Gasteiger partial charge is 0.221 e. The van der Waals surface area contributed by atoms with Crippen LogP contribution in [0.15, 0.2) is 23.1 Å². The summed E-state index contributed by atoms with van der Waals surface area (Å²) in [5.74, 6) is 0.0257. The Morgan fingerprint density at radius 1 is 1.38 bits per heavy atom. The third-order valence-corrected chi connectivity index (χ3v) is 3.92. The first-order valence-corrected chi connectivity index (χ1v) is 7.86. The van der Waals surface area contributed by atoms with Crippen molar-refractivity contribution < 1.29 is 4.79 Å². The van der Waals surface area contributed by atoms with Gasteiger partial charge in [0.05, 0.1) is 21.4 Å². The molecule has 0 spiro atoms. The average Bonchev–Trinajstić information content (AvgIpc) is 2.99. The van der Waals surface area contributed by atoms with Crippen LogP contribution in [-0.2, 0) is 17.9 Å². The number of halogens is 2. The van der Waals surface area contributed by atoms with Crippen LogP contribution in [0, 0.1) is 6.92 Å². The molecule has 0 radical (unpaired) electrons. The van der Waals surface area contributed by atoms with E-state index in [9.17, 15) is 4.79 Å². The third kappa shape index (κ3) is 5.17. The van der Waals surface area contributed by atoms with Crippen LogP contribution in [0.1, 0.15) is 18.5 Å². The van der Waals surface area contributed by atoms with Crippen molar-refractivity contribution in [2.75, 3.05) is 6.54 Å². The second kappa shape index (κ2) is 7.61. The number of carbonyl (C=O) groups excluding carboxylic acids is 1. The quantitative estimate of drug-likeness (QED) is 0.757. The van der Waals surface area contributed by atoms with E-state index in [1.807, 2.05) is 13.1 Å². The van der Waals surface area contributed by atoms with E-state index in [0.717, 1.165) is 23.1 Å². The number of aromatic nitrogens is 4. The van der Waals surface area contributed by atoms with Crippen molar-refractivity contribution in [2.24, 2.45) is 0 Å². The molecule has 0 saturated heterocycles. The van der Waals surface area contributed by atoms with Crippen molar-refractivity contribution in [1.29, 1.82) is 0 Å². The SMILES string of the molecule is Cc1nn(CCC(=O)NCCCn2cc(Cl)cn2)cc1Br. The van der Waals surface area contributed by atoms with Gasteiger partial charge in [0.2, 0.25) is 5.91 Å². The molecule has 114 valence electrons. The number of amides is 1. The highest BCUT2D eigenvalue weighted by Gasteiger charge is 2.05. The largest absolute Gasteiger partial charge is 0.356 e. The van der Waals surface area contributed by atoms with Gasteiger partial charge in [-0.3, -0.25) is 14.2 Å². The maximum atomic E-state index is 11.7. The van der Waals surface area contributed by atoms with E-state index in [0.29, 0.717) is 24.5 Å². The molecule has 2 aromatic rings. The van der Waals surface area contributed by atoms with Gasteiger partial charge in [0.15, 0.2) is 0 Å². The Hall–Kier alpha value is -1.34. The lowest BCUT2D eigenvalue weighted by Crippen LogP contribution is -2.26. The molecule has 0 aromatic carbocycles. The molecule has 6 nitrogen and oxygen atoms in total. The lowest BCUT2D eigenvalue weighted by molar-refractivity contribution is -0.121. The Labute approximate surface area is 136 Å². The van der Waals surface area contributed by atoms with E-state index in [1.54, 1.807) is 21.8 Å². The number of rotatable bonds is 7. The van der Waals surface area contributed by atoms with Gasteiger partial charge in [-0.2, -0.15) is 10.2 Å². The monoisotopic (exact) mass is 373 g/mol. The highest BCUT2D eigenvalue weighted by molar-refractivity contribution is 9.10. The molecule has 0 bridgehead atoms. The first kappa shape index (κ1) is 16.0. The van der Waals surface area contributed by atoms with Gasteiger partial charge in [-0.15, -0.1) is 0 Å². The molecule has 0 unspecified atom stereocenters. The molecular weight excluding hydrogens is 358 g/mol. The van der Waals surface area contributed by atoms with Gasteiger partial charge in [0, 0.05) is 38.4 Å². The fourth-order valence-electron chi connectivity index (χ4n) is 1.84. The van der Waals surface area contributed by atoms with E-state index in [-0.39, 0.29) is 5.91 Å². The number of hydrogen-bond donors (Lipinski definition) is 1. The van der Waals surface area contributed by atoms with Crippen molar-refractivity contribution >= 4 is 33.4 Å². The van der Waals surface area contributed by atoms with Gasteiger partial charge in [0.1, 0.15) is 0 Å². The van der Waals surface area contributed by atoms with E-state index in [2.05, 4.69) is 31.4 Å². The van der Waals surface area contributed by atoms with Crippen molar-refractivity contribution in [3.05, 3.63) is 33.8 Å². The summed E-state index contributed by atoms with van der Waals surface area (Å²) >= 11 is 9.17.